The largest absolute Gasteiger partial charge is 0.442 e. The smallest absolute Gasteiger partial charge is 0.441 e. The number of hydroxylamine groups is 1. The summed E-state index contributed by atoms with van der Waals surface area (Å²) in [5, 5.41) is 8.79. The fourth-order valence-electron chi connectivity index (χ4n) is 1.55. The van der Waals surface area contributed by atoms with Crippen molar-refractivity contribution in [2.24, 2.45) is 11.8 Å². The standard InChI is InChI=1S/C11H19NO5/c1-11(2,3)16-10(15)12-17-9(14)8-4-7(5-8)6-13/h7-8,13H,4-6H2,1-3H3,(H,12,15). The van der Waals surface area contributed by atoms with Crippen LogP contribution in [-0.4, -0.2) is 29.4 Å². The van der Waals surface area contributed by atoms with E-state index in [2.05, 4.69) is 4.84 Å². The maximum absolute atomic E-state index is 11.4. The third-order valence-electron chi connectivity index (χ3n) is 2.46. The predicted octanol–water partition coefficient (Wildman–Crippen LogP) is 0.988. The molecule has 98 valence electrons. The van der Waals surface area contributed by atoms with Crippen LogP contribution < -0.4 is 5.48 Å². The zero-order valence-electron chi connectivity index (χ0n) is 10.4. The van der Waals surface area contributed by atoms with Crippen molar-refractivity contribution in [3.63, 3.8) is 0 Å². The average molecular weight is 245 g/mol. The molecule has 1 rings (SSSR count). The summed E-state index contributed by atoms with van der Waals surface area (Å²) >= 11 is 0. The lowest BCUT2D eigenvalue weighted by Crippen LogP contribution is -2.39. The molecule has 0 aromatic heterocycles. The number of ether oxygens (including phenoxy) is 1. The van der Waals surface area contributed by atoms with Crippen molar-refractivity contribution in [1.29, 1.82) is 0 Å². The monoisotopic (exact) mass is 245 g/mol. The van der Waals surface area contributed by atoms with Gasteiger partial charge in [0.2, 0.25) is 0 Å². The minimum atomic E-state index is -0.788. The lowest BCUT2D eigenvalue weighted by molar-refractivity contribution is -0.160. The van der Waals surface area contributed by atoms with E-state index in [1.54, 1.807) is 20.8 Å². The quantitative estimate of drug-likeness (QED) is 0.708. The molecular weight excluding hydrogens is 226 g/mol. The molecule has 0 aliphatic heterocycles. The number of aliphatic hydroxyl groups excluding tert-OH is 1. The first-order valence-electron chi connectivity index (χ1n) is 5.62. The molecule has 2 N–H and O–H groups in total. The van der Waals surface area contributed by atoms with Crippen LogP contribution in [0.4, 0.5) is 4.79 Å². The van der Waals surface area contributed by atoms with E-state index in [9.17, 15) is 9.59 Å². The van der Waals surface area contributed by atoms with Crippen LogP contribution in [0.3, 0.4) is 0 Å². The Bertz CT molecular complexity index is 291. The fraction of sp³-hybridized carbons (Fsp3) is 0.818. The lowest BCUT2D eigenvalue weighted by Gasteiger charge is -2.31. The van der Waals surface area contributed by atoms with Gasteiger partial charge in [-0.05, 0) is 39.5 Å². The van der Waals surface area contributed by atoms with Gasteiger partial charge >= 0.3 is 12.1 Å². The second-order valence-corrected chi connectivity index (χ2v) is 5.24. The van der Waals surface area contributed by atoms with Gasteiger partial charge in [-0.15, -0.1) is 5.48 Å². The van der Waals surface area contributed by atoms with E-state index < -0.39 is 17.7 Å². The summed E-state index contributed by atoms with van der Waals surface area (Å²) in [5.74, 6) is -0.545. The SMILES string of the molecule is CC(C)(C)OC(=O)NOC(=O)C1CC(CO)C1. The third-order valence-corrected chi connectivity index (χ3v) is 2.46. The normalized spacial score (nSPS) is 23.5. The van der Waals surface area contributed by atoms with Crippen LogP contribution in [0.5, 0.6) is 0 Å². The van der Waals surface area contributed by atoms with E-state index in [4.69, 9.17) is 9.84 Å². The highest BCUT2D eigenvalue weighted by atomic mass is 16.7. The maximum atomic E-state index is 11.4. The van der Waals surface area contributed by atoms with Gasteiger partial charge in [0, 0.05) is 6.61 Å². The van der Waals surface area contributed by atoms with Crippen LogP contribution in [0.25, 0.3) is 0 Å². The van der Waals surface area contributed by atoms with Gasteiger partial charge in [0.15, 0.2) is 0 Å². The highest BCUT2D eigenvalue weighted by Gasteiger charge is 2.35. The summed E-state index contributed by atoms with van der Waals surface area (Å²) < 4.78 is 4.89. The average Bonchev–Trinajstić information content (AvgIpc) is 2.10. The zero-order valence-corrected chi connectivity index (χ0v) is 10.4. The van der Waals surface area contributed by atoms with E-state index in [1.165, 1.54) is 0 Å². The summed E-state index contributed by atoms with van der Waals surface area (Å²) in [4.78, 5) is 27.1. The van der Waals surface area contributed by atoms with E-state index >= 15 is 0 Å². The molecule has 1 amide bonds. The van der Waals surface area contributed by atoms with Gasteiger partial charge in [-0.25, -0.2) is 9.59 Å². The van der Waals surface area contributed by atoms with Gasteiger partial charge in [-0.1, -0.05) is 0 Å². The first-order chi connectivity index (χ1) is 7.81. The minimum absolute atomic E-state index is 0.0866. The number of hydrogen-bond donors (Lipinski definition) is 2. The summed E-state index contributed by atoms with van der Waals surface area (Å²) in [7, 11) is 0. The minimum Gasteiger partial charge on any atom is -0.442 e. The van der Waals surface area contributed by atoms with Gasteiger partial charge in [0.25, 0.3) is 0 Å². The molecule has 0 bridgehead atoms. The molecule has 1 saturated carbocycles. The first-order valence-corrected chi connectivity index (χ1v) is 5.62. The van der Waals surface area contributed by atoms with Crippen molar-refractivity contribution in [3.8, 4) is 0 Å². The Hall–Kier alpha value is -1.30. The highest BCUT2D eigenvalue weighted by Crippen LogP contribution is 2.33. The second kappa shape index (κ2) is 5.35. The Kier molecular flexibility index (Phi) is 4.34. The Morgan fingerprint density at radius 1 is 1.35 bits per heavy atom. The van der Waals surface area contributed by atoms with Gasteiger partial charge in [0.05, 0.1) is 5.92 Å². The summed E-state index contributed by atoms with van der Waals surface area (Å²) in [6.07, 6.45) is 0.417. The molecule has 0 unspecified atom stereocenters. The molecule has 6 nitrogen and oxygen atoms in total. The van der Waals surface area contributed by atoms with E-state index in [1.807, 2.05) is 5.48 Å². The molecule has 0 aromatic rings. The fourth-order valence-corrected chi connectivity index (χ4v) is 1.55. The number of aliphatic hydroxyl groups is 1. The molecule has 0 aromatic carbocycles. The van der Waals surface area contributed by atoms with Crippen molar-refractivity contribution in [2.45, 2.75) is 39.2 Å². The van der Waals surface area contributed by atoms with Crippen LogP contribution in [0, 0.1) is 11.8 Å². The molecule has 0 heterocycles. The molecule has 0 saturated heterocycles. The number of nitrogens with one attached hydrogen (secondary N) is 1. The number of hydrogen-bond acceptors (Lipinski definition) is 5. The maximum Gasteiger partial charge on any atom is 0.441 e. The molecule has 0 spiro atoms. The first kappa shape index (κ1) is 13.8. The molecule has 0 atom stereocenters. The topological polar surface area (TPSA) is 84.9 Å². The van der Waals surface area contributed by atoms with Crippen LogP contribution in [-0.2, 0) is 14.4 Å². The molecule has 1 aliphatic carbocycles. The molecule has 1 fully saturated rings. The van der Waals surface area contributed by atoms with Crippen molar-refractivity contribution in [3.05, 3.63) is 0 Å². The lowest BCUT2D eigenvalue weighted by atomic mass is 9.75. The van der Waals surface area contributed by atoms with E-state index in [0.29, 0.717) is 12.8 Å². The Labute approximate surface area is 100 Å². The molecule has 6 heteroatoms. The van der Waals surface area contributed by atoms with Crippen LogP contribution in [0.2, 0.25) is 0 Å². The van der Waals surface area contributed by atoms with Crippen molar-refractivity contribution >= 4 is 12.1 Å². The van der Waals surface area contributed by atoms with Crippen LogP contribution in [0.15, 0.2) is 0 Å². The summed E-state index contributed by atoms with van der Waals surface area (Å²) in [6.45, 7) is 5.23. The third kappa shape index (κ3) is 4.60. The van der Waals surface area contributed by atoms with Crippen molar-refractivity contribution < 1.29 is 24.3 Å². The zero-order chi connectivity index (χ0) is 13.1. The molecule has 0 radical (unpaired) electrons. The Morgan fingerprint density at radius 3 is 2.41 bits per heavy atom. The second-order valence-electron chi connectivity index (χ2n) is 5.24. The Balaban J connectivity index is 2.19. The van der Waals surface area contributed by atoms with E-state index in [0.717, 1.165) is 0 Å². The summed E-state index contributed by atoms with van der Waals surface area (Å²) in [5.41, 5.74) is 1.32. The molecule has 17 heavy (non-hydrogen) atoms. The number of carbonyl (C=O) groups excluding carboxylic acids is 2. The highest BCUT2D eigenvalue weighted by molar-refractivity contribution is 5.76. The number of carbonyl (C=O) groups is 2. The molecule has 1 aliphatic rings. The predicted molar refractivity (Wildman–Crippen MR) is 58.8 cm³/mol. The summed E-state index contributed by atoms with van der Waals surface area (Å²) in [6, 6.07) is 0. The van der Waals surface area contributed by atoms with Gasteiger partial charge < -0.3 is 14.7 Å². The number of amides is 1. The van der Waals surface area contributed by atoms with Crippen molar-refractivity contribution in [2.75, 3.05) is 6.61 Å². The van der Waals surface area contributed by atoms with Gasteiger partial charge in [-0.2, -0.15) is 0 Å². The van der Waals surface area contributed by atoms with Crippen LogP contribution >= 0.6 is 0 Å². The van der Waals surface area contributed by atoms with Crippen LogP contribution in [0.1, 0.15) is 33.6 Å². The van der Waals surface area contributed by atoms with Crippen molar-refractivity contribution in [1.82, 2.24) is 5.48 Å². The Morgan fingerprint density at radius 2 is 1.94 bits per heavy atom. The van der Waals surface area contributed by atoms with Gasteiger partial charge in [-0.3, -0.25) is 0 Å². The molecular formula is C11H19NO5. The van der Waals surface area contributed by atoms with Gasteiger partial charge in [0.1, 0.15) is 5.60 Å². The van der Waals surface area contributed by atoms with E-state index in [-0.39, 0.29) is 18.4 Å². The number of rotatable bonds is 2.